The molecule has 2 N–H and O–H groups in total. The van der Waals surface area contributed by atoms with E-state index >= 15 is 0 Å². The number of alkyl halides is 6. The van der Waals surface area contributed by atoms with Crippen molar-refractivity contribution in [2.45, 2.75) is 12.7 Å². The van der Waals surface area contributed by atoms with Crippen LogP contribution in [0, 0.1) is 0 Å². The number of hydrogen-bond acceptors (Lipinski definition) is 7. The van der Waals surface area contributed by atoms with Crippen molar-refractivity contribution in [2.24, 2.45) is 0 Å². The topological polar surface area (TPSA) is 124 Å². The minimum Gasteiger partial charge on any atom is -0.478 e. The zero-order valence-corrected chi connectivity index (χ0v) is 27.4. The number of carboxylic acids is 1. The predicted molar refractivity (Wildman–Crippen MR) is 187 cm³/mol. The second-order valence-corrected chi connectivity index (χ2v) is 11.3. The molecule has 272 valence electrons. The number of anilines is 1. The van der Waals surface area contributed by atoms with Crippen LogP contribution in [-0.4, -0.2) is 44.7 Å². The van der Waals surface area contributed by atoms with E-state index in [-0.39, 0.29) is 28.5 Å². The molecule has 54 heavy (non-hydrogen) atoms. The second-order valence-electron chi connectivity index (χ2n) is 11.3. The molecule has 0 bridgehead atoms. The van der Waals surface area contributed by atoms with Gasteiger partial charge in [0.15, 0.2) is 0 Å². The highest BCUT2D eigenvalue weighted by atomic mass is 19.4. The lowest BCUT2D eigenvalue weighted by Crippen LogP contribution is -2.17. The molecule has 15 heteroatoms. The number of carbonyl (C=O) groups excluding carboxylic acids is 1. The minimum atomic E-state index is -4.79. The van der Waals surface area contributed by atoms with Gasteiger partial charge in [-0.2, -0.15) is 0 Å². The average Bonchev–Trinajstić information content (AvgIpc) is 3.13. The number of rotatable bonds is 7. The summed E-state index contributed by atoms with van der Waals surface area (Å²) in [5.74, 6) is -2.20. The summed E-state index contributed by atoms with van der Waals surface area (Å²) in [7, 11) is 0. The summed E-state index contributed by atoms with van der Waals surface area (Å²) in [5.41, 5.74) is 3.18. The van der Waals surface area contributed by atoms with Crippen LogP contribution in [-0.2, 0) is 0 Å². The monoisotopic (exact) mass is 742 g/mol. The molecule has 0 radical (unpaired) electrons. The number of ether oxygens (including phenoxy) is 2. The van der Waals surface area contributed by atoms with Crippen molar-refractivity contribution in [1.29, 1.82) is 0 Å². The Hall–Kier alpha value is -7.03. The van der Waals surface area contributed by atoms with Gasteiger partial charge in [0.2, 0.25) is 0 Å². The first kappa shape index (κ1) is 36.8. The number of hydrogen-bond donors (Lipinski definition) is 2. The highest BCUT2D eigenvalue weighted by Crippen LogP contribution is 2.31. The number of aromatic nitrogens is 3. The van der Waals surface area contributed by atoms with Crippen molar-refractivity contribution < 1.29 is 50.5 Å². The number of nitrogens with one attached hydrogen (secondary N) is 1. The first-order valence-corrected chi connectivity index (χ1v) is 15.7. The number of aromatic carboxylic acids is 1. The van der Waals surface area contributed by atoms with Gasteiger partial charge in [0.1, 0.15) is 11.5 Å². The fourth-order valence-corrected chi connectivity index (χ4v) is 5.31. The van der Waals surface area contributed by atoms with Gasteiger partial charge in [0.05, 0.1) is 45.4 Å². The molecule has 0 fully saturated rings. The maximum atomic E-state index is 12.8. The van der Waals surface area contributed by atoms with E-state index in [0.717, 1.165) is 5.39 Å². The van der Waals surface area contributed by atoms with Crippen molar-refractivity contribution in [3.8, 4) is 34.0 Å². The van der Waals surface area contributed by atoms with Gasteiger partial charge in [-0.1, -0.05) is 60.7 Å². The lowest BCUT2D eigenvalue weighted by molar-refractivity contribution is -0.275. The average molecular weight is 743 g/mol. The molecule has 0 aliphatic carbocycles. The third-order valence-electron chi connectivity index (χ3n) is 7.56. The normalized spacial score (nSPS) is 11.4. The maximum Gasteiger partial charge on any atom is 0.573 e. The van der Waals surface area contributed by atoms with Crippen molar-refractivity contribution in [2.75, 3.05) is 5.32 Å². The molecule has 1 amide bonds. The fraction of sp³-hybridized carbons (Fsp3) is 0.0513. The van der Waals surface area contributed by atoms with E-state index in [4.69, 9.17) is 0 Å². The van der Waals surface area contributed by atoms with Crippen LogP contribution in [0.3, 0.4) is 0 Å². The molecule has 0 spiro atoms. The molecule has 7 aromatic rings. The number of nitrogens with zero attached hydrogens (tertiary/aromatic N) is 3. The molecule has 0 unspecified atom stereocenters. The lowest BCUT2D eigenvalue weighted by atomic mass is 10.1. The number of benzene rings is 4. The van der Waals surface area contributed by atoms with E-state index in [1.54, 1.807) is 85.1 Å². The maximum absolute atomic E-state index is 12.8. The van der Waals surface area contributed by atoms with Crippen LogP contribution >= 0.6 is 0 Å². The second kappa shape index (κ2) is 15.3. The van der Waals surface area contributed by atoms with E-state index in [2.05, 4.69) is 29.7 Å². The van der Waals surface area contributed by atoms with Gasteiger partial charge in [-0.3, -0.25) is 9.78 Å². The Morgan fingerprint density at radius 3 is 1.57 bits per heavy atom. The van der Waals surface area contributed by atoms with E-state index in [1.807, 2.05) is 0 Å². The summed E-state index contributed by atoms with van der Waals surface area (Å²) in [4.78, 5) is 36.8. The first-order chi connectivity index (χ1) is 25.7. The van der Waals surface area contributed by atoms with E-state index in [1.165, 1.54) is 48.7 Å². The highest BCUT2D eigenvalue weighted by Gasteiger charge is 2.32. The Bertz CT molecular complexity index is 2480. The summed E-state index contributed by atoms with van der Waals surface area (Å²) in [6, 6.07) is 30.9. The molecule has 3 heterocycles. The van der Waals surface area contributed by atoms with Crippen molar-refractivity contribution in [1.82, 2.24) is 15.0 Å². The van der Waals surface area contributed by atoms with Crippen LogP contribution in [0.2, 0.25) is 0 Å². The van der Waals surface area contributed by atoms with Crippen LogP contribution in [0.25, 0.3) is 44.3 Å². The zero-order valence-electron chi connectivity index (χ0n) is 27.4. The third kappa shape index (κ3) is 9.25. The number of halogens is 6. The minimum absolute atomic E-state index is 0.0250. The molecular weight excluding hydrogens is 718 g/mol. The quantitative estimate of drug-likeness (QED) is 0.155. The summed E-state index contributed by atoms with van der Waals surface area (Å²) < 4.78 is 82.4. The highest BCUT2D eigenvalue weighted by molar-refractivity contribution is 6.12. The number of para-hydroxylation sites is 2. The number of fused-ring (bicyclic) bond motifs is 2. The van der Waals surface area contributed by atoms with Gasteiger partial charge < -0.3 is 19.9 Å². The molecule has 7 rings (SSSR count). The summed E-state index contributed by atoms with van der Waals surface area (Å²) in [5, 5.41) is 13.3. The molecule has 3 aromatic heterocycles. The predicted octanol–water partition coefficient (Wildman–Crippen LogP) is 9.95. The molecule has 4 aromatic carbocycles. The van der Waals surface area contributed by atoms with E-state index in [9.17, 15) is 41.0 Å². The largest absolute Gasteiger partial charge is 0.573 e. The Morgan fingerprint density at radius 1 is 0.593 bits per heavy atom. The molecular formula is C39H24F6N4O5. The number of carboxylic acid groups (broad SMARTS) is 1. The number of carbonyl (C=O) groups is 2. The Morgan fingerprint density at radius 2 is 1.09 bits per heavy atom. The van der Waals surface area contributed by atoms with Crippen LogP contribution in [0.1, 0.15) is 20.7 Å². The van der Waals surface area contributed by atoms with Crippen molar-refractivity contribution >= 4 is 39.4 Å². The van der Waals surface area contributed by atoms with Gasteiger partial charge in [0.25, 0.3) is 5.91 Å². The van der Waals surface area contributed by atoms with E-state index in [0.29, 0.717) is 44.7 Å². The lowest BCUT2D eigenvalue weighted by Gasteiger charge is -2.11. The van der Waals surface area contributed by atoms with Crippen LogP contribution in [0.5, 0.6) is 11.5 Å². The van der Waals surface area contributed by atoms with Gasteiger partial charge in [-0.15, -0.1) is 26.3 Å². The van der Waals surface area contributed by atoms with Gasteiger partial charge in [-0.25, -0.2) is 14.8 Å². The number of pyridine rings is 3. The Kier molecular flexibility index (Phi) is 10.4. The number of amides is 1. The Labute approximate surface area is 301 Å². The van der Waals surface area contributed by atoms with Gasteiger partial charge >= 0.3 is 18.7 Å². The Balaban J connectivity index is 0.000000189. The van der Waals surface area contributed by atoms with E-state index < -0.39 is 18.7 Å². The van der Waals surface area contributed by atoms with Crippen LogP contribution in [0.15, 0.2) is 134 Å². The van der Waals surface area contributed by atoms with Crippen molar-refractivity contribution in [3.63, 3.8) is 0 Å². The molecule has 0 aliphatic rings. The smallest absolute Gasteiger partial charge is 0.478 e. The standard InChI is InChI=1S/C22H14F3N3O2.C17H10F3NO3/c23-22(24,25)30-17-7-1-5-15(12-17)19-10-9-14-4-2-8-18(20(14)28-19)21(29)27-16-6-3-11-26-13-16;18-17(19,20)24-12-5-1-4-11(9-12)14-8-7-10-3-2-6-13(16(22)23)15(10)21-14/h1-13H,(H,27,29);1-9H,(H,22,23). The SMILES string of the molecule is O=C(Nc1cccnc1)c1cccc2ccc(-c3cccc(OC(F)(F)F)c3)nc12.O=C(O)c1cccc2ccc(-c3cccc(OC(F)(F)F)c3)nc12. The molecule has 0 saturated carbocycles. The first-order valence-electron chi connectivity index (χ1n) is 15.7. The molecule has 0 saturated heterocycles. The third-order valence-corrected chi connectivity index (χ3v) is 7.56. The fourth-order valence-electron chi connectivity index (χ4n) is 5.31. The summed E-state index contributed by atoms with van der Waals surface area (Å²) in [6.07, 6.45) is -6.45. The van der Waals surface area contributed by atoms with Crippen LogP contribution < -0.4 is 14.8 Å². The van der Waals surface area contributed by atoms with Gasteiger partial charge in [-0.05, 0) is 60.7 Å². The zero-order chi connectivity index (χ0) is 38.5. The molecule has 9 nitrogen and oxygen atoms in total. The van der Waals surface area contributed by atoms with Crippen LogP contribution in [0.4, 0.5) is 32.0 Å². The summed E-state index contributed by atoms with van der Waals surface area (Å²) in [6.45, 7) is 0. The van der Waals surface area contributed by atoms with Crippen molar-refractivity contribution in [3.05, 3.63) is 145 Å². The molecule has 0 atom stereocenters. The van der Waals surface area contributed by atoms with Gasteiger partial charge in [0, 0.05) is 28.1 Å². The molecule has 0 aliphatic heterocycles. The summed E-state index contributed by atoms with van der Waals surface area (Å²) >= 11 is 0.